The second-order valence-corrected chi connectivity index (χ2v) is 5.00. The van der Waals surface area contributed by atoms with Crippen LogP contribution in [0, 0.1) is 13.8 Å². The number of rotatable bonds is 7. The highest BCUT2D eigenvalue weighted by Gasteiger charge is 2.06. The molecule has 0 atom stereocenters. The molecule has 4 nitrogen and oxygen atoms in total. The van der Waals surface area contributed by atoms with Crippen LogP contribution in [0.1, 0.15) is 21.5 Å². The molecule has 0 aliphatic heterocycles. The maximum Gasteiger partial charge on any atom is 0.313 e. The molecule has 5 heteroatoms. The Kier molecular flexibility index (Phi) is 5.71. The number of carbonyl (C=O) groups excluding carboxylic acids is 1. The number of aliphatic carboxylic acids is 1. The molecule has 1 aromatic rings. The summed E-state index contributed by atoms with van der Waals surface area (Å²) in [5.74, 6) is 0.672. The first-order valence-electron chi connectivity index (χ1n) is 5.53. The molecule has 18 heavy (non-hydrogen) atoms. The van der Waals surface area contributed by atoms with E-state index < -0.39 is 5.97 Å². The monoisotopic (exact) mass is 268 g/mol. The third-order valence-electron chi connectivity index (χ3n) is 2.32. The number of carboxylic acid groups (broad SMARTS) is 1. The van der Waals surface area contributed by atoms with Crippen LogP contribution >= 0.6 is 11.8 Å². The van der Waals surface area contributed by atoms with Gasteiger partial charge in [0, 0.05) is 11.3 Å². The fraction of sp³-hybridized carbons (Fsp3) is 0.385. The van der Waals surface area contributed by atoms with Crippen LogP contribution in [0.4, 0.5) is 0 Å². The van der Waals surface area contributed by atoms with Gasteiger partial charge in [0.1, 0.15) is 12.0 Å². The van der Waals surface area contributed by atoms with Crippen molar-refractivity contribution < 1.29 is 19.4 Å². The molecule has 0 saturated heterocycles. The number of carboxylic acids is 1. The number of benzene rings is 1. The average Bonchev–Trinajstić information content (AvgIpc) is 2.31. The van der Waals surface area contributed by atoms with Crippen LogP contribution < -0.4 is 4.74 Å². The Labute approximate surface area is 110 Å². The Hall–Kier alpha value is -1.49. The van der Waals surface area contributed by atoms with Crippen LogP contribution in [0.25, 0.3) is 0 Å². The minimum atomic E-state index is -0.817. The highest BCUT2D eigenvalue weighted by Crippen LogP contribution is 2.24. The minimum absolute atomic E-state index is 0.0887. The Morgan fingerprint density at radius 2 is 2.00 bits per heavy atom. The van der Waals surface area contributed by atoms with E-state index in [0.717, 1.165) is 23.2 Å². The maximum atomic E-state index is 10.7. The zero-order valence-corrected chi connectivity index (χ0v) is 11.3. The Morgan fingerprint density at radius 3 is 2.50 bits per heavy atom. The topological polar surface area (TPSA) is 63.6 Å². The van der Waals surface area contributed by atoms with Gasteiger partial charge in [-0.1, -0.05) is 0 Å². The molecule has 0 heterocycles. The lowest BCUT2D eigenvalue weighted by molar-refractivity contribution is -0.133. The smallest absolute Gasteiger partial charge is 0.313 e. The zero-order valence-electron chi connectivity index (χ0n) is 10.4. The maximum absolute atomic E-state index is 10.7. The van der Waals surface area contributed by atoms with Crippen molar-refractivity contribution in [1.29, 1.82) is 0 Å². The van der Waals surface area contributed by atoms with E-state index >= 15 is 0 Å². The van der Waals surface area contributed by atoms with Crippen LogP contribution in [-0.2, 0) is 4.79 Å². The van der Waals surface area contributed by atoms with Crippen LogP contribution in [0.15, 0.2) is 12.1 Å². The number of carbonyl (C=O) groups is 2. The van der Waals surface area contributed by atoms with Gasteiger partial charge in [-0.05, 0) is 37.1 Å². The van der Waals surface area contributed by atoms with Gasteiger partial charge in [0.25, 0.3) is 0 Å². The van der Waals surface area contributed by atoms with Crippen molar-refractivity contribution in [2.45, 2.75) is 13.8 Å². The standard InChI is InChI=1S/C13H16O4S/c1-9-5-11(7-14)6-10(2)13(9)17-3-4-18-8-12(15)16/h5-7H,3-4,8H2,1-2H3,(H,15,16). The van der Waals surface area contributed by atoms with Crippen LogP contribution in [-0.4, -0.2) is 35.5 Å². The van der Waals surface area contributed by atoms with Crippen molar-refractivity contribution in [3.63, 3.8) is 0 Å². The average molecular weight is 268 g/mol. The summed E-state index contributed by atoms with van der Waals surface area (Å²) in [5.41, 5.74) is 2.47. The van der Waals surface area contributed by atoms with E-state index in [1.54, 1.807) is 12.1 Å². The quantitative estimate of drug-likeness (QED) is 0.607. The highest BCUT2D eigenvalue weighted by atomic mass is 32.2. The summed E-state index contributed by atoms with van der Waals surface area (Å²) in [6, 6.07) is 3.56. The number of hydrogen-bond acceptors (Lipinski definition) is 4. The van der Waals surface area contributed by atoms with Gasteiger partial charge in [-0.15, -0.1) is 11.8 Å². The van der Waals surface area contributed by atoms with Gasteiger partial charge in [0.2, 0.25) is 0 Å². The van der Waals surface area contributed by atoms with Gasteiger partial charge >= 0.3 is 5.97 Å². The van der Waals surface area contributed by atoms with Gasteiger partial charge in [-0.3, -0.25) is 9.59 Å². The minimum Gasteiger partial charge on any atom is -0.492 e. The lowest BCUT2D eigenvalue weighted by atomic mass is 10.1. The van der Waals surface area contributed by atoms with E-state index in [9.17, 15) is 9.59 Å². The van der Waals surface area contributed by atoms with Gasteiger partial charge in [-0.2, -0.15) is 0 Å². The lowest BCUT2D eigenvalue weighted by Gasteiger charge is -2.12. The largest absolute Gasteiger partial charge is 0.492 e. The molecule has 0 spiro atoms. The zero-order chi connectivity index (χ0) is 13.5. The second-order valence-electron chi connectivity index (χ2n) is 3.90. The predicted molar refractivity (Wildman–Crippen MR) is 71.8 cm³/mol. The summed E-state index contributed by atoms with van der Waals surface area (Å²) < 4.78 is 5.62. The molecule has 0 aromatic heterocycles. The number of aldehydes is 1. The summed E-state index contributed by atoms with van der Waals surface area (Å²) in [4.78, 5) is 21.0. The Balaban J connectivity index is 2.52. The highest BCUT2D eigenvalue weighted by molar-refractivity contribution is 7.99. The van der Waals surface area contributed by atoms with Crippen molar-refractivity contribution in [2.75, 3.05) is 18.1 Å². The van der Waals surface area contributed by atoms with Crippen LogP contribution in [0.2, 0.25) is 0 Å². The summed E-state index contributed by atoms with van der Waals surface area (Å²) in [5, 5.41) is 8.48. The first-order valence-corrected chi connectivity index (χ1v) is 6.69. The molecule has 0 bridgehead atoms. The molecular formula is C13H16O4S. The third kappa shape index (κ3) is 4.41. The molecule has 0 aliphatic carbocycles. The first-order chi connectivity index (χ1) is 8.54. The molecule has 1 rings (SSSR count). The van der Waals surface area contributed by atoms with Crippen molar-refractivity contribution in [3.8, 4) is 5.75 Å². The molecule has 0 saturated carbocycles. The molecule has 0 aliphatic rings. The summed E-state index contributed by atoms with van der Waals surface area (Å²) >= 11 is 1.32. The van der Waals surface area contributed by atoms with Gasteiger partial charge < -0.3 is 9.84 Å². The normalized spacial score (nSPS) is 10.1. The van der Waals surface area contributed by atoms with Crippen molar-refractivity contribution in [2.24, 2.45) is 0 Å². The lowest BCUT2D eigenvalue weighted by Crippen LogP contribution is -2.06. The summed E-state index contributed by atoms with van der Waals surface area (Å²) in [7, 11) is 0. The molecule has 0 unspecified atom stereocenters. The van der Waals surface area contributed by atoms with E-state index in [-0.39, 0.29) is 5.75 Å². The SMILES string of the molecule is Cc1cc(C=O)cc(C)c1OCCSCC(=O)O. The first kappa shape index (κ1) is 14.6. The van der Waals surface area contributed by atoms with Crippen molar-refractivity contribution in [3.05, 3.63) is 28.8 Å². The number of thioether (sulfide) groups is 1. The predicted octanol–water partition coefficient (Wildman–Crippen LogP) is 2.31. The number of hydrogen-bond donors (Lipinski definition) is 1. The number of ether oxygens (including phenoxy) is 1. The van der Waals surface area contributed by atoms with E-state index in [2.05, 4.69) is 0 Å². The van der Waals surface area contributed by atoms with E-state index in [0.29, 0.717) is 17.9 Å². The Bertz CT molecular complexity index is 420. The van der Waals surface area contributed by atoms with Gasteiger partial charge in [-0.25, -0.2) is 0 Å². The van der Waals surface area contributed by atoms with E-state index in [4.69, 9.17) is 9.84 Å². The molecule has 0 fully saturated rings. The Morgan fingerprint density at radius 1 is 1.39 bits per heavy atom. The van der Waals surface area contributed by atoms with Crippen molar-refractivity contribution >= 4 is 24.0 Å². The molecule has 1 aromatic carbocycles. The van der Waals surface area contributed by atoms with Gasteiger partial charge in [0.15, 0.2) is 0 Å². The molecular weight excluding hydrogens is 252 g/mol. The fourth-order valence-corrected chi connectivity index (χ4v) is 2.16. The van der Waals surface area contributed by atoms with Crippen molar-refractivity contribution in [1.82, 2.24) is 0 Å². The molecule has 1 N–H and O–H groups in total. The van der Waals surface area contributed by atoms with Gasteiger partial charge in [0.05, 0.1) is 12.4 Å². The number of aryl methyl sites for hydroxylation is 2. The fourth-order valence-electron chi connectivity index (χ4n) is 1.64. The summed E-state index contributed by atoms with van der Waals surface area (Å²) in [6.45, 7) is 4.24. The molecule has 0 amide bonds. The summed E-state index contributed by atoms with van der Waals surface area (Å²) in [6.07, 6.45) is 0.812. The second kappa shape index (κ2) is 7.06. The third-order valence-corrected chi connectivity index (χ3v) is 3.22. The van der Waals surface area contributed by atoms with E-state index in [1.165, 1.54) is 11.8 Å². The van der Waals surface area contributed by atoms with Crippen LogP contribution in [0.5, 0.6) is 5.75 Å². The van der Waals surface area contributed by atoms with E-state index in [1.807, 2.05) is 13.8 Å². The van der Waals surface area contributed by atoms with Crippen LogP contribution in [0.3, 0.4) is 0 Å². The molecule has 98 valence electrons. The molecule has 0 radical (unpaired) electrons.